The van der Waals surface area contributed by atoms with Crippen LogP contribution >= 0.6 is 0 Å². The summed E-state index contributed by atoms with van der Waals surface area (Å²) in [7, 11) is 1.58. The van der Waals surface area contributed by atoms with Crippen molar-refractivity contribution in [3.8, 4) is 23.1 Å². The van der Waals surface area contributed by atoms with Gasteiger partial charge < -0.3 is 23.9 Å². The van der Waals surface area contributed by atoms with Crippen molar-refractivity contribution in [2.75, 3.05) is 20.3 Å². The van der Waals surface area contributed by atoms with E-state index < -0.39 is 5.91 Å². The number of fused-ring (bicyclic) bond motifs is 1. The Bertz CT molecular complexity index is 1330. The second-order valence-electron chi connectivity index (χ2n) is 7.49. The lowest BCUT2D eigenvalue weighted by atomic mass is 10.2. The van der Waals surface area contributed by atoms with E-state index in [1.54, 1.807) is 17.7 Å². The van der Waals surface area contributed by atoms with Crippen LogP contribution in [0.25, 0.3) is 10.9 Å². The summed E-state index contributed by atoms with van der Waals surface area (Å²) in [6.07, 6.45) is 0. The van der Waals surface area contributed by atoms with Crippen LogP contribution in [0.5, 0.6) is 23.1 Å². The molecule has 3 aromatic carbocycles. The molecular formula is C26H25N3O5. The second kappa shape index (κ2) is 10.5. The molecule has 4 rings (SSSR count). The number of ether oxygens (including phenoxy) is 3. The van der Waals surface area contributed by atoms with Gasteiger partial charge in [-0.25, -0.2) is 0 Å². The molecule has 0 bridgehead atoms. The molecule has 0 radical (unpaired) electrons. The number of aromatic hydroxyl groups is 1. The lowest BCUT2D eigenvalue weighted by Crippen LogP contribution is -2.08. The number of aryl methyl sites for hydroxylation is 1. The van der Waals surface area contributed by atoms with Gasteiger partial charge in [0.25, 0.3) is 0 Å². The predicted octanol–water partition coefficient (Wildman–Crippen LogP) is 5.43. The third-order valence-corrected chi connectivity index (χ3v) is 5.27. The number of methoxy groups -OCH3 is 1. The van der Waals surface area contributed by atoms with E-state index in [2.05, 4.69) is 10.2 Å². The highest BCUT2D eigenvalue weighted by molar-refractivity contribution is 5.95. The van der Waals surface area contributed by atoms with E-state index in [0.717, 1.165) is 11.1 Å². The minimum atomic E-state index is -0.556. The third-order valence-electron chi connectivity index (χ3n) is 5.27. The van der Waals surface area contributed by atoms with E-state index in [0.29, 0.717) is 29.2 Å². The first-order valence-corrected chi connectivity index (χ1v) is 10.8. The Labute approximate surface area is 197 Å². The highest BCUT2D eigenvalue weighted by Crippen LogP contribution is 2.38. The fourth-order valence-corrected chi connectivity index (χ4v) is 3.57. The van der Waals surface area contributed by atoms with Crippen molar-refractivity contribution in [3.05, 3.63) is 78.4 Å². The molecule has 4 aromatic rings. The summed E-state index contributed by atoms with van der Waals surface area (Å²) < 4.78 is 18.3. The summed E-state index contributed by atoms with van der Waals surface area (Å²) in [4.78, 5) is 12.2. The highest BCUT2D eigenvalue weighted by atomic mass is 16.5. The summed E-state index contributed by atoms with van der Waals surface area (Å²) in [5, 5.41) is 19.3. The molecule has 0 aliphatic rings. The zero-order valence-corrected chi connectivity index (χ0v) is 19.0. The molecule has 174 valence electrons. The van der Waals surface area contributed by atoms with Crippen molar-refractivity contribution in [2.24, 2.45) is 10.2 Å². The predicted molar refractivity (Wildman–Crippen MR) is 128 cm³/mol. The smallest absolute Gasteiger partial charge is 0.302 e. The van der Waals surface area contributed by atoms with E-state index in [-0.39, 0.29) is 24.8 Å². The number of hydrogen-bond acceptors (Lipinski definition) is 6. The van der Waals surface area contributed by atoms with Crippen LogP contribution in [0.4, 0.5) is 5.69 Å². The van der Waals surface area contributed by atoms with Crippen LogP contribution in [-0.4, -0.2) is 35.9 Å². The largest absolute Gasteiger partial charge is 0.493 e. The average molecular weight is 460 g/mol. The van der Waals surface area contributed by atoms with Crippen LogP contribution in [0, 0.1) is 6.92 Å². The van der Waals surface area contributed by atoms with Crippen molar-refractivity contribution < 1.29 is 24.1 Å². The molecule has 1 N–H and O–H groups in total. The lowest BCUT2D eigenvalue weighted by Gasteiger charge is -2.11. The Hall–Kier alpha value is -4.33. The highest BCUT2D eigenvalue weighted by Gasteiger charge is 2.17. The maximum Gasteiger partial charge on any atom is 0.302 e. The number of aromatic nitrogens is 1. The van der Waals surface area contributed by atoms with Crippen LogP contribution in [0.2, 0.25) is 0 Å². The molecule has 0 atom stereocenters. The number of amides is 1. The van der Waals surface area contributed by atoms with Gasteiger partial charge in [0.1, 0.15) is 12.4 Å². The fraction of sp³-hybridized carbons (Fsp3) is 0.192. The van der Waals surface area contributed by atoms with Crippen LogP contribution in [0.3, 0.4) is 0 Å². The minimum Gasteiger partial charge on any atom is -0.493 e. The Morgan fingerprint density at radius 1 is 0.912 bits per heavy atom. The summed E-state index contributed by atoms with van der Waals surface area (Å²) in [5.74, 6) is 1.20. The zero-order valence-electron chi connectivity index (χ0n) is 19.0. The topological polar surface area (TPSA) is 94.6 Å². The molecule has 1 amide bonds. The quantitative estimate of drug-likeness (QED) is 0.337. The van der Waals surface area contributed by atoms with E-state index in [9.17, 15) is 9.90 Å². The molecule has 1 heterocycles. The number of nitrogens with zero attached hydrogens (tertiary/aromatic N) is 3. The first-order chi connectivity index (χ1) is 16.6. The minimum absolute atomic E-state index is 0.0961. The van der Waals surface area contributed by atoms with Gasteiger partial charge in [-0.1, -0.05) is 48.5 Å². The molecule has 8 nitrogen and oxygen atoms in total. The van der Waals surface area contributed by atoms with Gasteiger partial charge in [-0.05, 0) is 36.8 Å². The molecule has 0 saturated heterocycles. The Morgan fingerprint density at radius 2 is 1.59 bits per heavy atom. The van der Waals surface area contributed by atoms with Crippen molar-refractivity contribution in [3.63, 3.8) is 0 Å². The van der Waals surface area contributed by atoms with Gasteiger partial charge in [0, 0.05) is 5.39 Å². The van der Waals surface area contributed by atoms with Crippen molar-refractivity contribution in [1.29, 1.82) is 0 Å². The molecule has 8 heteroatoms. The van der Waals surface area contributed by atoms with Crippen LogP contribution in [0.1, 0.15) is 5.56 Å². The van der Waals surface area contributed by atoms with Crippen LogP contribution < -0.4 is 14.2 Å². The molecule has 0 saturated carbocycles. The van der Waals surface area contributed by atoms with Crippen LogP contribution in [0.15, 0.2) is 83.0 Å². The maximum atomic E-state index is 12.2. The molecule has 0 fully saturated rings. The number of carbonyl (C=O) groups is 1. The number of rotatable bonds is 9. The molecule has 0 unspecified atom stereocenters. The van der Waals surface area contributed by atoms with Gasteiger partial charge in [0.15, 0.2) is 23.8 Å². The number of carbonyl (C=O) groups excluding carboxylic acids is 1. The van der Waals surface area contributed by atoms with E-state index >= 15 is 0 Å². The van der Waals surface area contributed by atoms with Gasteiger partial charge in [0.05, 0.1) is 19.2 Å². The number of azo groups is 1. The van der Waals surface area contributed by atoms with Crippen LogP contribution in [-0.2, 0) is 11.3 Å². The molecule has 0 aliphatic heterocycles. The van der Waals surface area contributed by atoms with Gasteiger partial charge in [-0.3, -0.25) is 4.79 Å². The SMILES string of the molecule is COc1ccccc1OCCn1c(O)c(N=NC(=O)COc2ccccc2C)c2ccccc21. The molecule has 1 aromatic heterocycles. The van der Waals surface area contributed by atoms with Crippen molar-refractivity contribution in [2.45, 2.75) is 13.5 Å². The van der Waals surface area contributed by atoms with Gasteiger partial charge in [0.2, 0.25) is 5.88 Å². The fourth-order valence-electron chi connectivity index (χ4n) is 3.57. The Morgan fingerprint density at radius 3 is 2.35 bits per heavy atom. The Balaban J connectivity index is 1.48. The summed E-state index contributed by atoms with van der Waals surface area (Å²) in [5.41, 5.74) is 1.89. The lowest BCUT2D eigenvalue weighted by molar-refractivity contribution is -0.120. The first-order valence-electron chi connectivity index (χ1n) is 10.8. The monoisotopic (exact) mass is 459 g/mol. The molecule has 34 heavy (non-hydrogen) atoms. The number of hydrogen-bond donors (Lipinski definition) is 1. The summed E-state index contributed by atoms with van der Waals surface area (Å²) in [6, 6.07) is 22.1. The van der Waals surface area contributed by atoms with E-state index in [4.69, 9.17) is 14.2 Å². The van der Waals surface area contributed by atoms with Crippen molar-refractivity contribution >= 4 is 22.5 Å². The third kappa shape index (κ3) is 5.01. The maximum absolute atomic E-state index is 12.2. The number of benzene rings is 3. The summed E-state index contributed by atoms with van der Waals surface area (Å²) >= 11 is 0. The second-order valence-corrected chi connectivity index (χ2v) is 7.49. The molecular weight excluding hydrogens is 434 g/mol. The Kier molecular flexibility index (Phi) is 7.07. The average Bonchev–Trinajstić information content (AvgIpc) is 3.13. The van der Waals surface area contributed by atoms with Gasteiger partial charge >= 0.3 is 5.91 Å². The van der Waals surface area contributed by atoms with E-state index in [1.165, 1.54) is 0 Å². The normalized spacial score (nSPS) is 11.1. The van der Waals surface area contributed by atoms with Crippen molar-refractivity contribution in [1.82, 2.24) is 4.57 Å². The molecule has 0 spiro atoms. The number of para-hydroxylation sites is 4. The zero-order chi connectivity index (χ0) is 23.9. The first kappa shape index (κ1) is 22.8. The van der Waals surface area contributed by atoms with E-state index in [1.807, 2.05) is 73.7 Å². The standard InChI is InChI=1S/C26H25N3O5/c1-18-9-3-6-12-21(18)34-17-24(30)27-28-25-19-10-4-5-11-20(19)29(26(25)31)15-16-33-23-14-8-7-13-22(23)32-2/h3-14,31H,15-17H2,1-2H3. The molecule has 0 aliphatic carbocycles. The van der Waals surface area contributed by atoms with Gasteiger partial charge in [-0.2, -0.15) is 0 Å². The van der Waals surface area contributed by atoms with Gasteiger partial charge in [-0.15, -0.1) is 10.2 Å². The summed E-state index contributed by atoms with van der Waals surface area (Å²) in [6.45, 7) is 2.28.